The molecule has 0 radical (unpaired) electrons. The number of anilines is 1. The fourth-order valence-electron chi connectivity index (χ4n) is 2.49. The Labute approximate surface area is 131 Å². The maximum Gasteiger partial charge on any atom is 0.262 e. The molecule has 1 unspecified atom stereocenters. The molecule has 1 amide bonds. The molecular weight excluding hydrogens is 332 g/mol. The fourth-order valence-corrected chi connectivity index (χ4v) is 3.00. The summed E-state index contributed by atoms with van der Waals surface area (Å²) in [6, 6.07) is 14.0. The lowest BCUT2D eigenvalue weighted by atomic mass is 9.98. The summed E-state index contributed by atoms with van der Waals surface area (Å²) in [5.74, 6) is 0.585. The molecule has 2 N–H and O–H groups in total. The summed E-state index contributed by atoms with van der Waals surface area (Å²) in [4.78, 5) is 11.4. The highest BCUT2D eigenvalue weighted by atomic mass is 79.9. The van der Waals surface area contributed by atoms with Crippen molar-refractivity contribution in [2.24, 2.45) is 0 Å². The molecule has 1 atom stereocenters. The van der Waals surface area contributed by atoms with Gasteiger partial charge in [0.15, 0.2) is 6.61 Å². The van der Waals surface area contributed by atoms with E-state index < -0.39 is 0 Å². The first-order chi connectivity index (χ1) is 10.2. The first-order valence-electron chi connectivity index (χ1n) is 6.67. The first-order valence-corrected chi connectivity index (χ1v) is 7.46. The number of carbonyl (C=O) groups is 1. The topological polar surface area (TPSA) is 50.4 Å². The Morgan fingerprint density at radius 3 is 2.86 bits per heavy atom. The van der Waals surface area contributed by atoms with Crippen LogP contribution in [0, 0.1) is 0 Å². The number of rotatable bonds is 3. The Morgan fingerprint density at radius 2 is 2.10 bits per heavy atom. The second kappa shape index (κ2) is 5.87. The molecule has 0 fully saturated rings. The number of ether oxygens (including phenoxy) is 1. The molecule has 0 aromatic heterocycles. The highest BCUT2D eigenvalue weighted by molar-refractivity contribution is 9.10. The average Bonchev–Trinajstić information content (AvgIpc) is 2.49. The molecule has 1 aliphatic rings. The molecule has 108 valence electrons. The van der Waals surface area contributed by atoms with Crippen molar-refractivity contribution in [3.63, 3.8) is 0 Å². The third-order valence-electron chi connectivity index (χ3n) is 3.47. The minimum atomic E-state index is -0.124. The molecule has 1 aliphatic heterocycles. The van der Waals surface area contributed by atoms with Crippen molar-refractivity contribution in [1.82, 2.24) is 5.32 Å². The summed E-state index contributed by atoms with van der Waals surface area (Å²) in [5, 5.41) is 6.15. The quantitative estimate of drug-likeness (QED) is 0.897. The zero-order valence-electron chi connectivity index (χ0n) is 11.5. The summed E-state index contributed by atoms with van der Waals surface area (Å²) in [5.41, 5.74) is 2.92. The summed E-state index contributed by atoms with van der Waals surface area (Å²) in [6.07, 6.45) is 0. The normalized spacial score (nSPS) is 14.9. The minimum Gasteiger partial charge on any atom is -0.482 e. The van der Waals surface area contributed by atoms with Gasteiger partial charge in [0.1, 0.15) is 5.75 Å². The minimum absolute atomic E-state index is 0.0321. The van der Waals surface area contributed by atoms with Crippen LogP contribution in [0.1, 0.15) is 17.2 Å². The Kier molecular flexibility index (Phi) is 3.94. The molecular formula is C16H15BrN2O2. The molecule has 21 heavy (non-hydrogen) atoms. The molecule has 0 saturated heterocycles. The van der Waals surface area contributed by atoms with Gasteiger partial charge in [-0.2, -0.15) is 0 Å². The third kappa shape index (κ3) is 2.80. The van der Waals surface area contributed by atoms with E-state index in [1.54, 1.807) is 0 Å². The van der Waals surface area contributed by atoms with Crippen molar-refractivity contribution >= 4 is 27.5 Å². The maximum atomic E-state index is 11.4. The lowest BCUT2D eigenvalue weighted by Gasteiger charge is -2.23. The van der Waals surface area contributed by atoms with E-state index in [-0.39, 0.29) is 18.6 Å². The van der Waals surface area contributed by atoms with Gasteiger partial charge in [0, 0.05) is 4.47 Å². The number of nitrogens with one attached hydrogen (secondary N) is 2. The average molecular weight is 347 g/mol. The largest absolute Gasteiger partial charge is 0.482 e. The van der Waals surface area contributed by atoms with Crippen LogP contribution < -0.4 is 15.4 Å². The van der Waals surface area contributed by atoms with E-state index in [2.05, 4.69) is 32.6 Å². The summed E-state index contributed by atoms with van der Waals surface area (Å²) in [6.45, 7) is 0.0754. The highest BCUT2D eigenvalue weighted by Gasteiger charge is 2.20. The van der Waals surface area contributed by atoms with Gasteiger partial charge in [-0.25, -0.2) is 0 Å². The summed E-state index contributed by atoms with van der Waals surface area (Å²) < 4.78 is 6.44. The van der Waals surface area contributed by atoms with Crippen LogP contribution in [0.15, 0.2) is 46.9 Å². The van der Waals surface area contributed by atoms with Crippen LogP contribution in [0.3, 0.4) is 0 Å². The fraction of sp³-hybridized carbons (Fsp3) is 0.188. The SMILES string of the molecule is CNC(c1ccc2c(c1)NC(=O)CO2)c1ccccc1Br. The van der Waals surface area contributed by atoms with E-state index in [0.717, 1.165) is 21.3 Å². The van der Waals surface area contributed by atoms with Crippen LogP contribution in [0.4, 0.5) is 5.69 Å². The Balaban J connectivity index is 2.00. The molecule has 0 bridgehead atoms. The second-order valence-electron chi connectivity index (χ2n) is 4.84. The van der Waals surface area contributed by atoms with Crippen LogP contribution in [0.5, 0.6) is 5.75 Å². The number of carbonyl (C=O) groups excluding carboxylic acids is 1. The molecule has 2 aromatic rings. The molecule has 0 aliphatic carbocycles. The smallest absolute Gasteiger partial charge is 0.262 e. The van der Waals surface area contributed by atoms with Crippen LogP contribution in [-0.4, -0.2) is 19.6 Å². The predicted octanol–water partition coefficient (Wildman–Crippen LogP) is 3.09. The van der Waals surface area contributed by atoms with Crippen LogP contribution in [0.25, 0.3) is 0 Å². The lowest BCUT2D eigenvalue weighted by Crippen LogP contribution is -2.26. The Bertz CT molecular complexity index is 688. The molecule has 0 spiro atoms. The zero-order valence-corrected chi connectivity index (χ0v) is 13.1. The van der Waals surface area contributed by atoms with Gasteiger partial charge in [0.2, 0.25) is 0 Å². The van der Waals surface area contributed by atoms with E-state index in [1.165, 1.54) is 0 Å². The van der Waals surface area contributed by atoms with Crippen molar-refractivity contribution in [1.29, 1.82) is 0 Å². The van der Waals surface area contributed by atoms with E-state index in [1.807, 2.05) is 43.4 Å². The van der Waals surface area contributed by atoms with Gasteiger partial charge >= 0.3 is 0 Å². The zero-order chi connectivity index (χ0) is 14.8. The Morgan fingerprint density at radius 1 is 1.29 bits per heavy atom. The molecule has 4 nitrogen and oxygen atoms in total. The van der Waals surface area contributed by atoms with E-state index >= 15 is 0 Å². The van der Waals surface area contributed by atoms with E-state index in [0.29, 0.717) is 5.75 Å². The van der Waals surface area contributed by atoms with Gasteiger partial charge in [-0.15, -0.1) is 0 Å². The Hall–Kier alpha value is -1.85. The summed E-state index contributed by atoms with van der Waals surface area (Å²) in [7, 11) is 1.92. The number of fused-ring (bicyclic) bond motifs is 1. The highest BCUT2D eigenvalue weighted by Crippen LogP contribution is 2.34. The van der Waals surface area contributed by atoms with Crippen molar-refractivity contribution in [3.05, 3.63) is 58.1 Å². The van der Waals surface area contributed by atoms with E-state index in [9.17, 15) is 4.79 Å². The lowest BCUT2D eigenvalue weighted by molar-refractivity contribution is -0.118. The van der Waals surface area contributed by atoms with Crippen molar-refractivity contribution < 1.29 is 9.53 Å². The van der Waals surface area contributed by atoms with Crippen molar-refractivity contribution in [3.8, 4) is 5.75 Å². The second-order valence-corrected chi connectivity index (χ2v) is 5.69. The van der Waals surface area contributed by atoms with Gasteiger partial charge in [0.25, 0.3) is 5.91 Å². The molecule has 2 aromatic carbocycles. The third-order valence-corrected chi connectivity index (χ3v) is 4.20. The van der Waals surface area contributed by atoms with Crippen molar-refractivity contribution in [2.45, 2.75) is 6.04 Å². The van der Waals surface area contributed by atoms with Crippen LogP contribution >= 0.6 is 15.9 Å². The summed E-state index contributed by atoms with van der Waals surface area (Å²) >= 11 is 3.59. The van der Waals surface area contributed by atoms with Gasteiger partial charge in [-0.3, -0.25) is 4.79 Å². The number of amides is 1. The molecule has 5 heteroatoms. The van der Waals surface area contributed by atoms with Crippen molar-refractivity contribution in [2.75, 3.05) is 19.0 Å². The van der Waals surface area contributed by atoms with Gasteiger partial charge < -0.3 is 15.4 Å². The molecule has 1 heterocycles. The number of benzene rings is 2. The van der Waals surface area contributed by atoms with Gasteiger partial charge in [-0.1, -0.05) is 40.2 Å². The maximum absolute atomic E-state index is 11.4. The van der Waals surface area contributed by atoms with Gasteiger partial charge in [0.05, 0.1) is 11.7 Å². The predicted molar refractivity (Wildman–Crippen MR) is 85.6 cm³/mol. The molecule has 0 saturated carbocycles. The first kappa shape index (κ1) is 14.1. The van der Waals surface area contributed by atoms with E-state index in [4.69, 9.17) is 4.74 Å². The van der Waals surface area contributed by atoms with Gasteiger partial charge in [-0.05, 0) is 36.4 Å². The number of halogens is 1. The van der Waals surface area contributed by atoms with Crippen LogP contribution in [0.2, 0.25) is 0 Å². The number of hydrogen-bond acceptors (Lipinski definition) is 3. The van der Waals surface area contributed by atoms with Crippen LogP contribution in [-0.2, 0) is 4.79 Å². The standard InChI is InChI=1S/C16H15BrN2O2/c1-18-16(11-4-2-3-5-12(11)17)10-6-7-14-13(8-10)19-15(20)9-21-14/h2-8,16,18H,9H2,1H3,(H,19,20). The number of hydrogen-bond donors (Lipinski definition) is 2. The molecule has 3 rings (SSSR count). The monoisotopic (exact) mass is 346 g/mol.